The van der Waals surface area contributed by atoms with Crippen molar-refractivity contribution in [2.45, 2.75) is 207 Å². The number of imidazole rings is 2. The highest BCUT2D eigenvalue weighted by Crippen LogP contribution is 2.65. The maximum Gasteiger partial charge on any atom is 0.410 e. The molecule has 30 nitrogen and oxygen atoms in total. The van der Waals surface area contributed by atoms with Gasteiger partial charge >= 0.3 is 24.1 Å². The van der Waals surface area contributed by atoms with Crippen molar-refractivity contribution in [2.75, 3.05) is 78.3 Å². The van der Waals surface area contributed by atoms with Gasteiger partial charge in [-0.3, -0.25) is 48.5 Å². The van der Waals surface area contributed by atoms with Crippen molar-refractivity contribution in [3.05, 3.63) is 151 Å². The number of benzene rings is 2. The largest absolute Gasteiger partial charge is 0.481 e. The Hall–Kier alpha value is -10.5. The molecule has 4 saturated carbocycles. The van der Waals surface area contributed by atoms with Gasteiger partial charge in [-0.2, -0.15) is 0 Å². The van der Waals surface area contributed by atoms with Crippen molar-refractivity contribution in [1.82, 2.24) is 69.3 Å². The van der Waals surface area contributed by atoms with Crippen LogP contribution in [-0.2, 0) is 91.2 Å². The number of halogens is 4. The van der Waals surface area contributed by atoms with Gasteiger partial charge in [0.15, 0.2) is 11.6 Å². The number of ether oxygens (including phenoxy) is 6. The zero-order valence-electron chi connectivity index (χ0n) is 74.6. The molecule has 6 amide bonds. The van der Waals surface area contributed by atoms with Crippen LogP contribution in [0, 0.1) is 21.7 Å². The van der Waals surface area contributed by atoms with Gasteiger partial charge in [0.25, 0.3) is 11.8 Å². The summed E-state index contributed by atoms with van der Waals surface area (Å²) in [5.41, 5.74) is 8.15. The maximum atomic E-state index is 13.9. The molecule has 34 heteroatoms. The molecule has 2 aromatic carbocycles. The number of nitrogens with one attached hydrogen (secondary N) is 4. The molecule has 4 aliphatic heterocycles. The van der Waals surface area contributed by atoms with Crippen LogP contribution in [0.4, 0.5) is 21.0 Å². The molecule has 16 rings (SSSR count). The molecular formula is C94H112Cl4N16O14. The summed E-state index contributed by atoms with van der Waals surface area (Å²) in [5.74, 6) is 0.190. The standard InChI is InChI=1S/2C47H56Cl2N8O7/c2*1-45(2,3)64-44(61)57(25-29-11-13-36(58)51-29)24-28-10-12-32(54-42(28)62-5)30-14-21-50-39(38(30)49)31-8-7-9-34(37(31)48)53-41(59)40-52-33-15-22-56(26-35(33)55(40)4)23-20-46-16-18-47(27-46,19-17-46)43(60)63-6/h2*7-10,12,14,21,29H,11,13,15-20,22-27H2,1-6H3,(H,51,58)(H,53,59)/t2*29-,46?,47?/m00/s1. The molecule has 0 unspecified atom stereocenters. The number of hydrogen-bond acceptors (Lipinski definition) is 22. The number of nitrogens with zero attached hydrogens (tertiary/aromatic N) is 12. The van der Waals surface area contributed by atoms with Crippen LogP contribution < -0.4 is 30.7 Å². The molecular weight excluding hydrogens is 1720 g/mol. The van der Waals surface area contributed by atoms with Gasteiger partial charge in [-0.1, -0.05) is 70.7 Å². The van der Waals surface area contributed by atoms with Crippen molar-refractivity contribution < 1.29 is 66.8 Å². The SMILES string of the molecule is COC(=O)C12CCC(CCN3CCc4nc(C(=O)Nc5cccc(-c6nccc(-c7ccc(CN(C[C@@H]8CCC(=O)N8)C(=O)OC(C)(C)C)c(OC)n7)c6Cl)c5Cl)n(C)c4C3)(CC1)C2.COC(=O)C12CCC(CCN3CCc4nc(C(=O)Nc5cccc(-c6nccc(-c7ccc(CN(C[C@@H]8CCC(=O)N8)C(=O)OC(C)(C)C)c(OC)n7)c6Cl)c5Cl)n(C)c4C3)(CC1)C2. The van der Waals surface area contributed by atoms with Crippen LogP contribution in [0.1, 0.15) is 199 Å². The minimum atomic E-state index is -0.720. The molecule has 128 heavy (non-hydrogen) atoms. The normalized spacial score (nSPS) is 21.6. The Labute approximate surface area is 765 Å². The van der Waals surface area contributed by atoms with Gasteiger partial charge in [-0.05, 0) is 204 Å². The van der Waals surface area contributed by atoms with Crippen molar-refractivity contribution in [1.29, 1.82) is 0 Å². The Kier molecular flexibility index (Phi) is 27.0. The first kappa shape index (κ1) is 92.2. The van der Waals surface area contributed by atoms with Gasteiger partial charge in [0.05, 0.1) is 129 Å². The van der Waals surface area contributed by atoms with Crippen LogP contribution in [-0.4, -0.2) is 197 Å². The molecule has 10 heterocycles. The fourth-order valence-electron chi connectivity index (χ4n) is 20.1. The summed E-state index contributed by atoms with van der Waals surface area (Å²) in [6.45, 7) is 16.5. The highest BCUT2D eigenvalue weighted by Gasteiger charge is 2.60. The summed E-state index contributed by atoms with van der Waals surface area (Å²) < 4.78 is 37.0. The Morgan fingerprint density at radius 2 is 0.891 bits per heavy atom. The third-order valence-electron chi connectivity index (χ3n) is 26.9. The van der Waals surface area contributed by atoms with E-state index in [9.17, 15) is 38.4 Å². The number of hydrogen-bond donors (Lipinski definition) is 4. The van der Waals surface area contributed by atoms with Gasteiger partial charge in [0, 0.05) is 137 Å². The van der Waals surface area contributed by atoms with Crippen LogP contribution in [0.2, 0.25) is 20.1 Å². The minimum absolute atomic E-state index is 0.0467. The highest BCUT2D eigenvalue weighted by molar-refractivity contribution is 6.40. The van der Waals surface area contributed by atoms with Crippen LogP contribution in [0.3, 0.4) is 0 Å². The smallest absolute Gasteiger partial charge is 0.410 e. The number of amides is 6. The Balaban J connectivity index is 0.000000197. The third-order valence-corrected chi connectivity index (χ3v) is 28.4. The van der Waals surface area contributed by atoms with E-state index < -0.39 is 23.4 Å². The van der Waals surface area contributed by atoms with E-state index in [2.05, 4.69) is 41.0 Å². The van der Waals surface area contributed by atoms with E-state index in [4.69, 9.17) is 94.8 Å². The summed E-state index contributed by atoms with van der Waals surface area (Å²) in [4.78, 5) is 140. The second kappa shape index (κ2) is 37.5. The molecule has 4 aliphatic carbocycles. The van der Waals surface area contributed by atoms with Crippen molar-refractivity contribution in [3.8, 4) is 56.8 Å². The minimum Gasteiger partial charge on any atom is -0.481 e. The second-order valence-electron chi connectivity index (χ2n) is 37.6. The summed E-state index contributed by atoms with van der Waals surface area (Å²) in [7, 11) is 9.75. The fourth-order valence-corrected chi connectivity index (χ4v) is 21.2. The number of rotatable bonds is 26. The van der Waals surface area contributed by atoms with E-state index in [1.807, 2.05) is 35.4 Å². The zero-order valence-corrected chi connectivity index (χ0v) is 77.7. The van der Waals surface area contributed by atoms with Crippen LogP contribution in [0.15, 0.2) is 85.2 Å². The average Bonchev–Trinajstić information content (AvgIpc) is 1.51. The molecule has 6 aromatic heterocycles. The molecule has 4 N–H and O–H groups in total. The number of fused-ring (bicyclic) bond motifs is 6. The molecule has 680 valence electrons. The van der Waals surface area contributed by atoms with E-state index >= 15 is 0 Å². The molecule has 4 bridgehead atoms. The first-order chi connectivity index (χ1) is 61.0. The average molecular weight is 1830 g/mol. The first-order valence-corrected chi connectivity index (χ1v) is 45.4. The van der Waals surface area contributed by atoms with Crippen LogP contribution in [0.5, 0.6) is 11.8 Å². The Morgan fingerprint density at radius 3 is 1.24 bits per heavy atom. The second-order valence-corrected chi connectivity index (χ2v) is 39.1. The number of carbonyl (C=O) groups is 8. The molecule has 0 radical (unpaired) electrons. The highest BCUT2D eigenvalue weighted by atomic mass is 35.5. The quantitative estimate of drug-likeness (QED) is 0.0289. The lowest BCUT2D eigenvalue weighted by Gasteiger charge is -2.32. The van der Waals surface area contributed by atoms with Crippen LogP contribution in [0.25, 0.3) is 45.0 Å². The van der Waals surface area contributed by atoms with Crippen molar-refractivity contribution in [2.24, 2.45) is 35.8 Å². The lowest BCUT2D eigenvalue weighted by atomic mass is 9.80. The van der Waals surface area contributed by atoms with E-state index in [1.165, 1.54) is 28.4 Å². The van der Waals surface area contributed by atoms with Gasteiger partial charge < -0.3 is 68.6 Å². The molecule has 8 aromatic rings. The third kappa shape index (κ3) is 19.7. The van der Waals surface area contributed by atoms with E-state index in [0.29, 0.717) is 118 Å². The van der Waals surface area contributed by atoms with E-state index in [0.717, 1.165) is 139 Å². The summed E-state index contributed by atoms with van der Waals surface area (Å²) >= 11 is 28.3. The van der Waals surface area contributed by atoms with E-state index in [1.54, 1.807) is 124 Å². The number of esters is 2. The molecule has 2 saturated heterocycles. The van der Waals surface area contributed by atoms with Gasteiger partial charge in [-0.15, -0.1) is 0 Å². The number of methoxy groups -OCH3 is 4. The fraction of sp³-hybridized carbons (Fsp3) is 0.511. The van der Waals surface area contributed by atoms with Crippen molar-refractivity contribution >= 4 is 106 Å². The number of carbonyl (C=O) groups excluding carboxylic acids is 8. The lowest BCUT2D eigenvalue weighted by molar-refractivity contribution is -0.153. The molecule has 2 atom stereocenters. The summed E-state index contributed by atoms with van der Waals surface area (Å²) in [6.07, 6.45) is 17.6. The lowest BCUT2D eigenvalue weighted by Crippen LogP contribution is -2.43. The predicted molar refractivity (Wildman–Crippen MR) is 484 cm³/mol. The van der Waals surface area contributed by atoms with Gasteiger partial charge in [-0.25, -0.2) is 29.5 Å². The zero-order chi connectivity index (χ0) is 91.1. The molecule has 0 spiro atoms. The van der Waals surface area contributed by atoms with Crippen molar-refractivity contribution in [3.63, 3.8) is 0 Å². The first-order valence-electron chi connectivity index (χ1n) is 43.8. The Bertz CT molecular complexity index is 5290. The van der Waals surface area contributed by atoms with E-state index in [-0.39, 0.29) is 127 Å². The topological polar surface area (TPSA) is 340 Å². The number of anilines is 2. The summed E-state index contributed by atoms with van der Waals surface area (Å²) in [6, 6.07) is 20.9. The number of pyridine rings is 4. The molecule has 8 aliphatic rings. The maximum absolute atomic E-state index is 13.9. The summed E-state index contributed by atoms with van der Waals surface area (Å²) in [5, 5.41) is 12.9. The monoisotopic (exact) mass is 1830 g/mol. The Morgan fingerprint density at radius 1 is 0.500 bits per heavy atom. The molecule has 6 fully saturated rings. The van der Waals surface area contributed by atoms with Gasteiger partial charge in [0.2, 0.25) is 23.6 Å². The van der Waals surface area contributed by atoms with Gasteiger partial charge in [0.1, 0.15) is 11.2 Å². The number of aromatic nitrogens is 8. The predicted octanol–water partition coefficient (Wildman–Crippen LogP) is 16.0. The van der Waals surface area contributed by atoms with Crippen LogP contribution >= 0.6 is 46.4 Å².